The second kappa shape index (κ2) is 6.47. The zero-order valence-electron chi connectivity index (χ0n) is 9.51. The number of aliphatic imine (C=N–C) groups is 1. The molecule has 0 aliphatic carbocycles. The molecule has 3 nitrogen and oxygen atoms in total. The number of amides is 1. The van der Waals surface area contributed by atoms with Crippen LogP contribution in [0.15, 0.2) is 22.5 Å². The Kier molecular flexibility index (Phi) is 4.94. The molecule has 6 heteroatoms. The third kappa shape index (κ3) is 4.04. The lowest BCUT2D eigenvalue weighted by Gasteiger charge is -2.11. The number of carbonyl (C=O) groups excluding carboxylic acids is 1. The predicted octanol–water partition coefficient (Wildman–Crippen LogP) is 2.76. The van der Waals surface area contributed by atoms with E-state index >= 15 is 0 Å². The van der Waals surface area contributed by atoms with Crippen molar-refractivity contribution in [2.45, 2.75) is 13.0 Å². The van der Waals surface area contributed by atoms with E-state index in [0.29, 0.717) is 5.75 Å². The Labute approximate surface area is 113 Å². The largest absolute Gasteiger partial charge is 0.348 e. The minimum atomic E-state index is 0.0751. The van der Waals surface area contributed by atoms with Crippen LogP contribution in [0.3, 0.4) is 0 Å². The minimum absolute atomic E-state index is 0.0751. The van der Waals surface area contributed by atoms with Crippen LogP contribution in [0.5, 0.6) is 0 Å². The molecule has 1 aromatic heterocycles. The lowest BCUT2D eigenvalue weighted by Crippen LogP contribution is -2.27. The first-order valence-corrected chi connectivity index (χ1v) is 8.23. The predicted molar refractivity (Wildman–Crippen MR) is 78.1 cm³/mol. The van der Waals surface area contributed by atoms with Gasteiger partial charge in [-0.3, -0.25) is 9.79 Å². The van der Waals surface area contributed by atoms with Crippen molar-refractivity contribution in [1.29, 1.82) is 0 Å². The number of rotatable bonds is 4. The summed E-state index contributed by atoms with van der Waals surface area (Å²) in [5.74, 6) is 1.59. The molecule has 2 heterocycles. The van der Waals surface area contributed by atoms with Crippen LogP contribution in [0, 0.1) is 0 Å². The number of thioether (sulfide) groups is 2. The third-order valence-corrected chi connectivity index (χ3v) is 5.54. The van der Waals surface area contributed by atoms with Gasteiger partial charge in [0.2, 0.25) is 5.91 Å². The monoisotopic (exact) mass is 286 g/mol. The van der Waals surface area contributed by atoms with E-state index in [0.717, 1.165) is 16.7 Å². The summed E-state index contributed by atoms with van der Waals surface area (Å²) in [6, 6.07) is 4.14. The Morgan fingerprint density at radius 2 is 2.59 bits per heavy atom. The van der Waals surface area contributed by atoms with Crippen molar-refractivity contribution in [3.05, 3.63) is 22.4 Å². The molecule has 17 heavy (non-hydrogen) atoms. The average Bonchev–Trinajstić information content (AvgIpc) is 2.99. The number of thiophene rings is 1. The molecule has 2 rings (SSSR count). The van der Waals surface area contributed by atoms with E-state index in [9.17, 15) is 4.79 Å². The van der Waals surface area contributed by atoms with Gasteiger partial charge in [0, 0.05) is 10.6 Å². The fourth-order valence-electron chi connectivity index (χ4n) is 1.42. The Morgan fingerprint density at radius 3 is 3.24 bits per heavy atom. The van der Waals surface area contributed by atoms with Crippen LogP contribution >= 0.6 is 34.9 Å². The van der Waals surface area contributed by atoms with Gasteiger partial charge in [-0.2, -0.15) is 0 Å². The fourth-order valence-corrected chi connectivity index (χ4v) is 3.98. The van der Waals surface area contributed by atoms with Crippen LogP contribution in [-0.2, 0) is 4.79 Å². The topological polar surface area (TPSA) is 41.5 Å². The number of nitrogens with zero attached hydrogens (tertiary/aromatic N) is 1. The van der Waals surface area contributed by atoms with Crippen LogP contribution in [0.1, 0.15) is 17.8 Å². The molecule has 1 aliphatic rings. The Balaban J connectivity index is 1.73. The highest BCUT2D eigenvalue weighted by atomic mass is 32.2. The molecule has 0 spiro atoms. The molecule has 0 radical (unpaired) electrons. The summed E-state index contributed by atoms with van der Waals surface area (Å²) in [6.07, 6.45) is 0. The molecule has 1 aliphatic heterocycles. The smallest absolute Gasteiger partial charge is 0.230 e. The van der Waals surface area contributed by atoms with Crippen molar-refractivity contribution >= 4 is 45.1 Å². The van der Waals surface area contributed by atoms with Gasteiger partial charge in [-0.25, -0.2) is 0 Å². The summed E-state index contributed by atoms with van der Waals surface area (Å²) in [4.78, 5) is 17.2. The zero-order chi connectivity index (χ0) is 12.1. The maximum Gasteiger partial charge on any atom is 0.230 e. The lowest BCUT2D eigenvalue weighted by molar-refractivity contribution is -0.119. The zero-order valence-corrected chi connectivity index (χ0v) is 12.0. The van der Waals surface area contributed by atoms with E-state index in [1.54, 1.807) is 23.1 Å². The Bertz CT molecular complexity index is 403. The summed E-state index contributed by atoms with van der Waals surface area (Å²) < 4.78 is 1.05. The first kappa shape index (κ1) is 13.0. The number of hydrogen-bond donors (Lipinski definition) is 1. The summed E-state index contributed by atoms with van der Waals surface area (Å²) in [7, 11) is 0. The van der Waals surface area contributed by atoms with Crippen molar-refractivity contribution in [2.24, 2.45) is 4.99 Å². The minimum Gasteiger partial charge on any atom is -0.348 e. The van der Waals surface area contributed by atoms with Crippen LogP contribution < -0.4 is 5.32 Å². The van der Waals surface area contributed by atoms with Crippen LogP contribution in [-0.4, -0.2) is 28.3 Å². The van der Waals surface area contributed by atoms with Crippen molar-refractivity contribution in [2.75, 3.05) is 18.1 Å². The summed E-state index contributed by atoms with van der Waals surface area (Å²) >= 11 is 4.94. The molecule has 92 valence electrons. The Hall–Kier alpha value is -0.460. The average molecular weight is 286 g/mol. The molecule has 1 aromatic rings. The molecule has 1 N–H and O–H groups in total. The van der Waals surface area contributed by atoms with Gasteiger partial charge in [-0.1, -0.05) is 29.6 Å². The summed E-state index contributed by atoms with van der Waals surface area (Å²) in [5.41, 5.74) is 0. The van der Waals surface area contributed by atoms with E-state index in [2.05, 4.69) is 10.3 Å². The number of carbonyl (C=O) groups is 1. The van der Waals surface area contributed by atoms with E-state index in [4.69, 9.17) is 0 Å². The van der Waals surface area contributed by atoms with E-state index in [-0.39, 0.29) is 11.9 Å². The van der Waals surface area contributed by atoms with Gasteiger partial charge in [0.1, 0.15) is 4.38 Å². The quantitative estimate of drug-likeness (QED) is 0.925. The second-order valence-corrected chi connectivity index (χ2v) is 6.87. The highest BCUT2D eigenvalue weighted by Gasteiger charge is 2.13. The first-order chi connectivity index (χ1) is 8.25. The van der Waals surface area contributed by atoms with Gasteiger partial charge < -0.3 is 5.32 Å². The van der Waals surface area contributed by atoms with Crippen molar-refractivity contribution in [3.8, 4) is 0 Å². The standard InChI is InChI=1S/C11H14N2OS3/c1-8(9-3-2-5-15-9)13-10(14)7-17-11-12-4-6-16-11/h2-3,5,8H,4,6-7H2,1H3,(H,13,14). The third-order valence-electron chi connectivity index (χ3n) is 2.23. The molecular weight excluding hydrogens is 272 g/mol. The SMILES string of the molecule is CC(NC(=O)CSC1=NCCS1)c1cccs1. The maximum absolute atomic E-state index is 11.7. The van der Waals surface area contributed by atoms with Gasteiger partial charge in [0.25, 0.3) is 0 Å². The van der Waals surface area contributed by atoms with Gasteiger partial charge in [0.15, 0.2) is 0 Å². The van der Waals surface area contributed by atoms with Crippen LogP contribution in [0.25, 0.3) is 0 Å². The molecule has 0 saturated carbocycles. The van der Waals surface area contributed by atoms with E-state index < -0.39 is 0 Å². The Morgan fingerprint density at radius 1 is 1.71 bits per heavy atom. The van der Waals surface area contributed by atoms with Gasteiger partial charge in [-0.05, 0) is 18.4 Å². The highest BCUT2D eigenvalue weighted by molar-refractivity contribution is 8.39. The summed E-state index contributed by atoms with van der Waals surface area (Å²) in [6.45, 7) is 2.90. The summed E-state index contributed by atoms with van der Waals surface area (Å²) in [5, 5.41) is 5.02. The maximum atomic E-state index is 11.7. The number of hydrogen-bond acceptors (Lipinski definition) is 5. The van der Waals surface area contributed by atoms with E-state index in [1.807, 2.05) is 24.4 Å². The molecule has 0 bridgehead atoms. The molecule has 1 atom stereocenters. The van der Waals surface area contributed by atoms with Crippen molar-refractivity contribution < 1.29 is 4.79 Å². The van der Waals surface area contributed by atoms with Gasteiger partial charge >= 0.3 is 0 Å². The van der Waals surface area contributed by atoms with Gasteiger partial charge in [0.05, 0.1) is 18.3 Å². The second-order valence-electron chi connectivity index (χ2n) is 3.59. The van der Waals surface area contributed by atoms with Crippen LogP contribution in [0.2, 0.25) is 0 Å². The van der Waals surface area contributed by atoms with Crippen molar-refractivity contribution in [3.63, 3.8) is 0 Å². The molecule has 0 fully saturated rings. The van der Waals surface area contributed by atoms with Gasteiger partial charge in [-0.15, -0.1) is 11.3 Å². The normalized spacial score (nSPS) is 16.6. The number of nitrogens with one attached hydrogen (secondary N) is 1. The van der Waals surface area contributed by atoms with Crippen LogP contribution in [0.4, 0.5) is 0 Å². The van der Waals surface area contributed by atoms with Crippen molar-refractivity contribution in [1.82, 2.24) is 5.32 Å². The molecular formula is C11H14N2OS3. The fraction of sp³-hybridized carbons (Fsp3) is 0.455. The molecule has 0 saturated heterocycles. The molecule has 1 amide bonds. The highest BCUT2D eigenvalue weighted by Crippen LogP contribution is 2.22. The van der Waals surface area contributed by atoms with E-state index in [1.165, 1.54) is 16.6 Å². The molecule has 1 unspecified atom stereocenters. The lowest BCUT2D eigenvalue weighted by atomic mass is 10.3. The molecule has 0 aromatic carbocycles. The first-order valence-electron chi connectivity index (χ1n) is 5.38.